The van der Waals surface area contributed by atoms with Crippen LogP contribution in [0.3, 0.4) is 0 Å². The van der Waals surface area contributed by atoms with Crippen LogP contribution in [0, 0.1) is 5.92 Å². The van der Waals surface area contributed by atoms with Gasteiger partial charge in [-0.15, -0.1) is 5.10 Å². The summed E-state index contributed by atoms with van der Waals surface area (Å²) in [6.07, 6.45) is 8.73. The lowest BCUT2D eigenvalue weighted by Gasteiger charge is -2.10. The third kappa shape index (κ3) is 6.09. The average molecular weight is 424 g/mol. The van der Waals surface area contributed by atoms with Gasteiger partial charge in [0.25, 0.3) is 0 Å². The summed E-state index contributed by atoms with van der Waals surface area (Å²) >= 11 is 13.6. The second-order valence-corrected chi connectivity index (χ2v) is 8.14. The molecule has 3 rings (SSSR count). The minimum Gasteiger partial charge on any atom is -0.377 e. The first-order valence-electron chi connectivity index (χ1n) is 8.51. The fraction of sp³-hybridized carbons (Fsp3) is 0.333. The highest BCUT2D eigenvalue weighted by Crippen LogP contribution is 2.29. The van der Waals surface area contributed by atoms with Crippen molar-refractivity contribution in [1.29, 1.82) is 0 Å². The molecule has 0 spiro atoms. The van der Waals surface area contributed by atoms with Crippen LogP contribution in [0.2, 0.25) is 10.0 Å². The molecule has 2 aliphatic heterocycles. The molecule has 0 aliphatic carbocycles. The van der Waals surface area contributed by atoms with Crippen molar-refractivity contribution in [3.63, 3.8) is 0 Å². The van der Waals surface area contributed by atoms with Crippen LogP contribution in [-0.4, -0.2) is 41.7 Å². The largest absolute Gasteiger partial charge is 0.377 e. The van der Waals surface area contributed by atoms with Gasteiger partial charge in [0.05, 0.1) is 22.3 Å². The maximum Gasteiger partial charge on any atom is 0.183 e. The molecule has 2 atom stereocenters. The molecule has 27 heavy (non-hydrogen) atoms. The van der Waals surface area contributed by atoms with Crippen LogP contribution in [0.1, 0.15) is 12.8 Å². The van der Waals surface area contributed by atoms with Gasteiger partial charge in [-0.25, -0.2) is 0 Å². The average Bonchev–Trinajstić information content (AvgIpc) is 3.11. The molecule has 0 saturated carbocycles. The summed E-state index contributed by atoms with van der Waals surface area (Å²) in [6, 6.07) is 5.29. The van der Waals surface area contributed by atoms with Crippen LogP contribution in [0.5, 0.6) is 0 Å². The first kappa shape index (κ1) is 19.9. The first-order valence-corrected chi connectivity index (χ1v) is 10.1. The van der Waals surface area contributed by atoms with Crippen molar-refractivity contribution in [3.05, 3.63) is 40.5 Å². The Morgan fingerprint density at radius 2 is 2.33 bits per heavy atom. The Kier molecular flexibility index (Phi) is 7.32. The molecular weight excluding hydrogens is 405 g/mol. The highest BCUT2D eigenvalue weighted by molar-refractivity contribution is 8.14. The Balaban J connectivity index is 1.42. The van der Waals surface area contributed by atoms with Crippen LogP contribution in [0.4, 0.5) is 5.69 Å². The predicted octanol–water partition coefficient (Wildman–Crippen LogP) is 4.02. The zero-order chi connectivity index (χ0) is 19.1. The lowest BCUT2D eigenvalue weighted by molar-refractivity contribution is -0.117. The monoisotopic (exact) mass is 423 g/mol. The normalized spacial score (nSPS) is 23.1. The molecule has 2 N–H and O–H groups in total. The molecule has 6 nitrogen and oxygen atoms in total. The number of Topliss-reactive ketones (excluding diaryl/α,β-unsaturated/α-hetero) is 1. The molecule has 0 amide bonds. The number of nitrogens with one attached hydrogen (secondary N) is 2. The van der Waals surface area contributed by atoms with Gasteiger partial charge in [-0.1, -0.05) is 47.1 Å². The third-order valence-electron chi connectivity index (χ3n) is 3.93. The van der Waals surface area contributed by atoms with E-state index in [0.29, 0.717) is 28.7 Å². The van der Waals surface area contributed by atoms with Gasteiger partial charge in [-0.3, -0.25) is 9.79 Å². The number of carbonyl (C=O) groups excluding carboxylic acids is 1. The number of aliphatic imine (C=N–C) groups is 1. The maximum atomic E-state index is 12.2. The van der Waals surface area contributed by atoms with Crippen molar-refractivity contribution < 1.29 is 4.79 Å². The summed E-state index contributed by atoms with van der Waals surface area (Å²) in [5.74, 6) is 0.285. The number of hydrogen-bond acceptors (Lipinski definition) is 6. The number of amidine groups is 1. The summed E-state index contributed by atoms with van der Waals surface area (Å²) in [4.78, 5) is 16.3. The van der Waals surface area contributed by atoms with Gasteiger partial charge in [0.1, 0.15) is 0 Å². The highest BCUT2D eigenvalue weighted by atomic mass is 35.5. The Morgan fingerprint density at radius 1 is 1.44 bits per heavy atom. The molecule has 2 unspecified atom stereocenters. The molecule has 1 aromatic rings. The zero-order valence-electron chi connectivity index (χ0n) is 14.4. The number of rotatable bonds is 7. The number of thioether (sulfide) groups is 1. The molecule has 1 aromatic carbocycles. The molecular formula is C18H19Cl2N5OS. The molecule has 0 aromatic heterocycles. The molecule has 0 bridgehead atoms. The number of benzene rings is 1. The fourth-order valence-electron chi connectivity index (χ4n) is 2.55. The third-order valence-corrected chi connectivity index (χ3v) is 5.86. The van der Waals surface area contributed by atoms with Crippen molar-refractivity contribution in [2.75, 3.05) is 18.4 Å². The van der Waals surface area contributed by atoms with Crippen molar-refractivity contribution in [3.8, 4) is 0 Å². The van der Waals surface area contributed by atoms with Gasteiger partial charge in [0.2, 0.25) is 0 Å². The van der Waals surface area contributed by atoms with Crippen LogP contribution >= 0.6 is 35.0 Å². The minimum atomic E-state index is 0.0975. The van der Waals surface area contributed by atoms with Gasteiger partial charge in [-0.05, 0) is 18.6 Å². The smallest absolute Gasteiger partial charge is 0.183 e. The van der Waals surface area contributed by atoms with E-state index in [1.165, 1.54) is 11.8 Å². The van der Waals surface area contributed by atoms with E-state index in [9.17, 15) is 4.79 Å². The van der Waals surface area contributed by atoms with E-state index in [4.69, 9.17) is 23.2 Å². The lowest BCUT2D eigenvalue weighted by atomic mass is 10.1. The number of allylic oxidation sites excluding steroid dienone is 1. The van der Waals surface area contributed by atoms with Gasteiger partial charge in [0.15, 0.2) is 11.0 Å². The van der Waals surface area contributed by atoms with Crippen LogP contribution in [-0.2, 0) is 4.79 Å². The van der Waals surface area contributed by atoms with Crippen molar-refractivity contribution in [1.82, 2.24) is 5.32 Å². The predicted molar refractivity (Wildman–Crippen MR) is 116 cm³/mol. The number of halogens is 2. The summed E-state index contributed by atoms with van der Waals surface area (Å²) < 4.78 is 0. The van der Waals surface area contributed by atoms with Crippen molar-refractivity contribution in [2.24, 2.45) is 21.1 Å². The standard InChI is InChI=1S/C18H19Cl2N5OS/c19-15-4-1-5-16(17(15)20)22-10-13(26)7-14-11-23-18(27-14)25-24-9-12-3-2-6-21-8-12/h1-2,4-6,8-9,12,14,22H,3,7,10-11H2,(H,23,25)/b24-9+. The van der Waals surface area contributed by atoms with Gasteiger partial charge in [-0.2, -0.15) is 5.10 Å². The van der Waals surface area contributed by atoms with E-state index in [1.54, 1.807) is 30.6 Å². The molecule has 142 valence electrons. The molecule has 1 fully saturated rings. The molecule has 1 saturated heterocycles. The SMILES string of the molecule is O=C(CNc1cccc(Cl)c1Cl)CC1CN/C(=N/N=C/C2C=NC=CC2)S1. The summed E-state index contributed by atoms with van der Waals surface area (Å²) in [5.41, 5.74) is 0.660. The Morgan fingerprint density at radius 3 is 3.15 bits per heavy atom. The maximum absolute atomic E-state index is 12.2. The molecule has 9 heteroatoms. The first-order chi connectivity index (χ1) is 13.1. The number of nitrogens with zero attached hydrogens (tertiary/aromatic N) is 3. The van der Waals surface area contributed by atoms with Crippen LogP contribution in [0.15, 0.2) is 45.7 Å². The quantitative estimate of drug-likeness (QED) is 0.512. The zero-order valence-corrected chi connectivity index (χ0v) is 16.8. The fourth-order valence-corrected chi connectivity index (χ4v) is 3.93. The number of anilines is 1. The summed E-state index contributed by atoms with van der Waals surface area (Å²) in [5, 5.41) is 16.3. The minimum absolute atomic E-state index is 0.0975. The highest BCUT2D eigenvalue weighted by Gasteiger charge is 2.23. The van der Waals surface area contributed by atoms with E-state index < -0.39 is 0 Å². The molecule has 0 radical (unpaired) electrons. The van der Waals surface area contributed by atoms with Crippen molar-refractivity contribution >= 4 is 64.0 Å². The second-order valence-electron chi connectivity index (χ2n) is 6.07. The van der Waals surface area contributed by atoms with E-state index >= 15 is 0 Å². The van der Waals surface area contributed by atoms with Gasteiger partial charge >= 0.3 is 0 Å². The topological polar surface area (TPSA) is 78.2 Å². The van der Waals surface area contributed by atoms with Crippen LogP contribution in [0.25, 0.3) is 0 Å². The number of ketones is 1. The molecule has 2 heterocycles. The van der Waals surface area contributed by atoms with Crippen LogP contribution < -0.4 is 10.6 Å². The van der Waals surface area contributed by atoms with Gasteiger partial charge < -0.3 is 10.6 Å². The number of carbonyl (C=O) groups is 1. The van der Waals surface area contributed by atoms with E-state index in [2.05, 4.69) is 25.8 Å². The van der Waals surface area contributed by atoms with E-state index in [1.807, 2.05) is 12.3 Å². The lowest BCUT2D eigenvalue weighted by Crippen LogP contribution is -2.21. The second kappa shape index (κ2) is 9.92. The Hall–Kier alpha value is -1.83. The summed E-state index contributed by atoms with van der Waals surface area (Å²) in [6.45, 7) is 0.895. The van der Waals surface area contributed by atoms with E-state index in [-0.39, 0.29) is 23.5 Å². The molecule has 2 aliphatic rings. The number of hydrogen-bond donors (Lipinski definition) is 2. The van der Waals surface area contributed by atoms with Crippen molar-refractivity contribution in [2.45, 2.75) is 18.1 Å². The Bertz CT molecular complexity index is 809. The Labute approximate surface area is 172 Å². The van der Waals surface area contributed by atoms with Gasteiger partial charge in [0, 0.05) is 42.8 Å². The van der Waals surface area contributed by atoms with E-state index in [0.717, 1.165) is 11.6 Å². The summed E-state index contributed by atoms with van der Waals surface area (Å²) in [7, 11) is 0.